The monoisotopic (exact) mass is 485 g/mol. The maximum Gasteiger partial charge on any atom is 0.446 e. The predicted molar refractivity (Wildman–Crippen MR) is 101 cm³/mol. The maximum absolute atomic E-state index is 13.5. The lowest BCUT2D eigenvalue weighted by molar-refractivity contribution is 0.0892. The van der Waals surface area contributed by atoms with Crippen LogP contribution in [0.15, 0.2) is 41.6 Å². The van der Waals surface area contributed by atoms with Gasteiger partial charge in [0, 0.05) is 5.75 Å². The fraction of sp³-hybridized carbons (Fsp3) is 0.312. The van der Waals surface area contributed by atoms with Crippen molar-refractivity contribution in [3.8, 4) is 17.2 Å². The molecule has 2 N–H and O–H groups in total. The minimum atomic E-state index is -0.798. The molecule has 10 nitrogen and oxygen atoms in total. The van der Waals surface area contributed by atoms with Gasteiger partial charge in [-0.15, -0.1) is 11.8 Å². The summed E-state index contributed by atoms with van der Waals surface area (Å²) < 4.78 is 29.6. The van der Waals surface area contributed by atoms with Crippen molar-refractivity contribution in [2.75, 3.05) is 5.75 Å². The molecule has 0 unspecified atom stereocenters. The molecule has 0 saturated heterocycles. The Labute approximate surface area is 174 Å². The highest BCUT2D eigenvalue weighted by molar-refractivity contribution is 9.10. The van der Waals surface area contributed by atoms with Crippen LogP contribution in [0.5, 0.6) is 0 Å². The summed E-state index contributed by atoms with van der Waals surface area (Å²) in [6.45, 7) is 0. The zero-order valence-corrected chi connectivity index (χ0v) is 17.0. The van der Waals surface area contributed by atoms with Crippen LogP contribution < -0.4 is 11.5 Å². The number of thioether (sulfide) groups is 1. The van der Waals surface area contributed by atoms with Crippen LogP contribution in [-0.2, 0) is 4.74 Å². The van der Waals surface area contributed by atoms with E-state index in [-0.39, 0.29) is 16.0 Å². The predicted octanol–water partition coefficient (Wildman–Crippen LogP) is 2.89. The molecular weight excluding hydrogens is 473 g/mol. The minimum Gasteiger partial charge on any atom is -0.443 e. The Kier molecular flexibility index (Phi) is 5.17. The lowest BCUT2D eigenvalue weighted by Crippen LogP contribution is -2.24. The first kappa shape index (κ1) is 19.6. The fourth-order valence-electron chi connectivity index (χ4n) is 2.75. The van der Waals surface area contributed by atoms with Gasteiger partial charge in [0.2, 0.25) is 5.82 Å². The molecule has 1 aliphatic carbocycles. The van der Waals surface area contributed by atoms with Gasteiger partial charge < -0.3 is 10.5 Å². The van der Waals surface area contributed by atoms with Gasteiger partial charge in [-0.2, -0.15) is 0 Å². The van der Waals surface area contributed by atoms with Gasteiger partial charge in [0.15, 0.2) is 10.7 Å². The second-order valence-corrected chi connectivity index (χ2v) is 8.26. The Morgan fingerprint density at radius 2 is 2.17 bits per heavy atom. The van der Waals surface area contributed by atoms with Gasteiger partial charge >= 0.3 is 11.8 Å². The number of rotatable bonds is 7. The lowest BCUT2D eigenvalue weighted by Gasteiger charge is -2.13. The number of amides is 1. The quantitative estimate of drug-likeness (QED) is 0.500. The summed E-state index contributed by atoms with van der Waals surface area (Å²) in [6.07, 6.45) is 1.28. The topological polar surface area (TPSA) is 139 Å². The SMILES string of the molecule is NC(=O)OC1(CCSc2nonc2-c2noc(=O)n2-c2ccc(F)c(Br)c2)CC1. The van der Waals surface area contributed by atoms with Crippen molar-refractivity contribution >= 4 is 33.8 Å². The summed E-state index contributed by atoms with van der Waals surface area (Å²) in [5.74, 6) is -0.652. The van der Waals surface area contributed by atoms with Crippen LogP contribution in [0.2, 0.25) is 0 Å². The van der Waals surface area contributed by atoms with Crippen molar-refractivity contribution in [2.24, 2.45) is 5.73 Å². The number of nitrogens with two attached hydrogens (primary N) is 1. The zero-order valence-electron chi connectivity index (χ0n) is 14.6. The van der Waals surface area contributed by atoms with Crippen LogP contribution in [0.1, 0.15) is 19.3 Å². The Hall–Kier alpha value is -2.67. The standard InChI is InChI=1S/C16H13BrFN5O5S/c17-9-7-8(1-2-10(9)18)23-12(21-27-15(23)25)11-13(22-28-20-11)29-6-5-16(3-4-16)26-14(19)24/h1-2,7H,3-6H2,(H2,19,24). The number of primary amides is 1. The van der Waals surface area contributed by atoms with E-state index < -0.39 is 23.3 Å². The number of carbonyl (C=O) groups excluding carboxylic acids is 1. The molecule has 29 heavy (non-hydrogen) atoms. The smallest absolute Gasteiger partial charge is 0.443 e. The molecule has 152 valence electrons. The number of ether oxygens (including phenoxy) is 1. The summed E-state index contributed by atoms with van der Waals surface area (Å²) in [5.41, 5.74) is 5.10. The maximum atomic E-state index is 13.5. The highest BCUT2D eigenvalue weighted by atomic mass is 79.9. The molecule has 4 rings (SSSR count). The van der Waals surface area contributed by atoms with Gasteiger partial charge in [0.25, 0.3) is 0 Å². The van der Waals surface area contributed by atoms with Gasteiger partial charge in [-0.25, -0.2) is 23.2 Å². The molecule has 0 atom stereocenters. The number of aromatic nitrogens is 4. The number of nitrogens with zero attached hydrogens (tertiary/aromatic N) is 4. The van der Waals surface area contributed by atoms with Crippen molar-refractivity contribution < 1.29 is 23.1 Å². The van der Waals surface area contributed by atoms with E-state index in [2.05, 4.69) is 31.4 Å². The Morgan fingerprint density at radius 3 is 2.86 bits per heavy atom. The number of benzene rings is 1. The first-order chi connectivity index (χ1) is 13.9. The Bertz CT molecular complexity index is 1130. The lowest BCUT2D eigenvalue weighted by atomic mass is 10.2. The van der Waals surface area contributed by atoms with Gasteiger partial charge in [0.05, 0.1) is 10.2 Å². The van der Waals surface area contributed by atoms with Crippen LogP contribution in [-0.4, -0.2) is 37.5 Å². The molecule has 13 heteroatoms. The van der Waals surface area contributed by atoms with E-state index in [1.165, 1.54) is 30.0 Å². The van der Waals surface area contributed by atoms with Crippen LogP contribution in [0.3, 0.4) is 0 Å². The molecule has 3 aromatic rings. The van der Waals surface area contributed by atoms with Gasteiger partial charge in [-0.3, -0.25) is 4.52 Å². The first-order valence-corrected chi connectivity index (χ1v) is 10.1. The van der Waals surface area contributed by atoms with Crippen molar-refractivity contribution in [3.63, 3.8) is 0 Å². The normalized spacial score (nSPS) is 14.7. The molecule has 1 aromatic carbocycles. The summed E-state index contributed by atoms with van der Waals surface area (Å²) in [4.78, 5) is 23.2. The van der Waals surface area contributed by atoms with Gasteiger partial charge in [-0.05, 0) is 63.7 Å². The highest BCUT2D eigenvalue weighted by Gasteiger charge is 2.46. The third kappa shape index (κ3) is 4.05. The first-order valence-electron chi connectivity index (χ1n) is 8.37. The van der Waals surface area contributed by atoms with E-state index in [4.69, 9.17) is 19.6 Å². The number of hydrogen-bond donors (Lipinski definition) is 1. The van der Waals surface area contributed by atoms with E-state index in [1.807, 2.05) is 0 Å². The van der Waals surface area contributed by atoms with E-state index in [1.54, 1.807) is 0 Å². The molecule has 0 bridgehead atoms. The van der Waals surface area contributed by atoms with Crippen molar-refractivity contribution in [1.82, 2.24) is 20.0 Å². The van der Waals surface area contributed by atoms with Crippen LogP contribution in [0.25, 0.3) is 17.2 Å². The van der Waals surface area contributed by atoms with E-state index in [0.29, 0.717) is 22.9 Å². The van der Waals surface area contributed by atoms with Crippen LogP contribution in [0.4, 0.5) is 9.18 Å². The molecule has 2 heterocycles. The molecule has 0 radical (unpaired) electrons. The van der Waals surface area contributed by atoms with Crippen molar-refractivity contribution in [3.05, 3.63) is 39.0 Å². The number of hydrogen-bond acceptors (Lipinski definition) is 9. The second kappa shape index (κ2) is 7.63. The van der Waals surface area contributed by atoms with Crippen LogP contribution >= 0.6 is 27.7 Å². The van der Waals surface area contributed by atoms with Gasteiger partial charge in [-0.1, -0.05) is 5.16 Å². The second-order valence-electron chi connectivity index (χ2n) is 6.33. The van der Waals surface area contributed by atoms with Gasteiger partial charge in [0.1, 0.15) is 11.4 Å². The molecular formula is C16H13BrFN5O5S. The molecule has 0 aliphatic heterocycles. The molecule has 1 fully saturated rings. The highest BCUT2D eigenvalue weighted by Crippen LogP contribution is 2.44. The number of halogens is 2. The average molecular weight is 486 g/mol. The molecule has 1 aliphatic rings. The fourth-order valence-corrected chi connectivity index (χ4v) is 4.14. The van der Waals surface area contributed by atoms with Crippen LogP contribution in [0, 0.1) is 5.82 Å². The summed E-state index contributed by atoms with van der Waals surface area (Å²) in [5, 5.41) is 11.8. The zero-order chi connectivity index (χ0) is 20.6. The third-order valence-electron chi connectivity index (χ3n) is 4.36. The largest absolute Gasteiger partial charge is 0.446 e. The molecule has 1 saturated carbocycles. The summed E-state index contributed by atoms with van der Waals surface area (Å²) in [7, 11) is 0. The average Bonchev–Trinajstić information content (AvgIpc) is 3.08. The van der Waals surface area contributed by atoms with E-state index in [0.717, 1.165) is 17.4 Å². The number of carbonyl (C=O) groups is 1. The molecule has 0 spiro atoms. The Morgan fingerprint density at radius 1 is 1.38 bits per heavy atom. The summed E-state index contributed by atoms with van der Waals surface area (Å²) in [6, 6.07) is 4.02. The molecule has 2 aromatic heterocycles. The molecule has 1 amide bonds. The van der Waals surface area contributed by atoms with E-state index in [9.17, 15) is 14.0 Å². The van der Waals surface area contributed by atoms with Crippen molar-refractivity contribution in [1.29, 1.82) is 0 Å². The third-order valence-corrected chi connectivity index (χ3v) is 5.91. The Balaban J connectivity index is 1.57. The van der Waals surface area contributed by atoms with E-state index >= 15 is 0 Å². The summed E-state index contributed by atoms with van der Waals surface area (Å²) >= 11 is 4.38. The minimum absolute atomic E-state index is 0.0618. The van der Waals surface area contributed by atoms with Crippen molar-refractivity contribution in [2.45, 2.75) is 29.9 Å².